The van der Waals surface area contributed by atoms with Crippen molar-refractivity contribution in [3.63, 3.8) is 0 Å². The van der Waals surface area contributed by atoms with Crippen molar-refractivity contribution in [1.29, 1.82) is 0 Å². The summed E-state index contributed by atoms with van der Waals surface area (Å²) >= 11 is 11.7. The van der Waals surface area contributed by atoms with Crippen LogP contribution in [0.4, 0.5) is 0 Å². The van der Waals surface area contributed by atoms with Gasteiger partial charge < -0.3 is 9.64 Å². The Morgan fingerprint density at radius 3 is 2.52 bits per heavy atom. The second kappa shape index (κ2) is 8.70. The van der Waals surface area contributed by atoms with Crippen LogP contribution in [-0.2, 0) is 14.3 Å². The predicted molar refractivity (Wildman–Crippen MR) is 84.4 cm³/mol. The maximum Gasteiger partial charge on any atom is 0.325 e. The lowest BCUT2D eigenvalue weighted by molar-refractivity contribution is -0.147. The Kier molecular flexibility index (Phi) is 7.26. The molecule has 0 atom stereocenters. The molecular weight excluding hydrogens is 313 g/mol. The number of esters is 1. The molecule has 0 unspecified atom stereocenters. The minimum absolute atomic E-state index is 0.0606. The van der Waals surface area contributed by atoms with E-state index >= 15 is 0 Å². The highest BCUT2D eigenvalue weighted by molar-refractivity contribution is 6.42. The number of ether oxygens (including phenoxy) is 1. The first-order chi connectivity index (χ1) is 9.97. The lowest BCUT2D eigenvalue weighted by atomic mass is 10.2. The Morgan fingerprint density at radius 1 is 1.24 bits per heavy atom. The van der Waals surface area contributed by atoms with Gasteiger partial charge in [-0.1, -0.05) is 29.3 Å². The van der Waals surface area contributed by atoms with E-state index in [0.717, 1.165) is 5.56 Å². The molecule has 0 aliphatic rings. The topological polar surface area (TPSA) is 46.6 Å². The molecule has 0 saturated carbocycles. The molecule has 0 spiro atoms. The molecule has 1 amide bonds. The smallest absolute Gasteiger partial charge is 0.325 e. The summed E-state index contributed by atoms with van der Waals surface area (Å²) in [6, 6.07) is 5.07. The first-order valence-electron chi connectivity index (χ1n) is 6.55. The molecule has 0 heterocycles. The monoisotopic (exact) mass is 329 g/mol. The first-order valence-corrected chi connectivity index (χ1v) is 7.31. The molecule has 0 radical (unpaired) electrons. The lowest BCUT2D eigenvalue weighted by Crippen LogP contribution is -2.35. The first kappa shape index (κ1) is 17.5. The van der Waals surface area contributed by atoms with Crippen LogP contribution < -0.4 is 0 Å². The van der Waals surface area contributed by atoms with Crippen LogP contribution in [0, 0.1) is 0 Å². The number of rotatable bonds is 6. The van der Waals surface area contributed by atoms with Gasteiger partial charge in [-0.15, -0.1) is 0 Å². The van der Waals surface area contributed by atoms with Gasteiger partial charge in [0.1, 0.15) is 6.54 Å². The van der Waals surface area contributed by atoms with Crippen LogP contribution in [0.3, 0.4) is 0 Å². The molecule has 1 rings (SSSR count). The van der Waals surface area contributed by atoms with Gasteiger partial charge in [0.2, 0.25) is 5.91 Å². The van der Waals surface area contributed by atoms with Gasteiger partial charge in [0.15, 0.2) is 0 Å². The highest BCUT2D eigenvalue weighted by atomic mass is 35.5. The van der Waals surface area contributed by atoms with Crippen molar-refractivity contribution in [3.8, 4) is 0 Å². The molecule has 0 aromatic heterocycles. The molecule has 6 heteroatoms. The van der Waals surface area contributed by atoms with Crippen molar-refractivity contribution < 1.29 is 14.3 Å². The Balaban J connectivity index is 2.70. The lowest BCUT2D eigenvalue weighted by Gasteiger charge is -2.17. The molecule has 0 bridgehead atoms. The van der Waals surface area contributed by atoms with E-state index in [9.17, 15) is 9.59 Å². The van der Waals surface area contributed by atoms with E-state index in [1.165, 1.54) is 11.0 Å². The number of likely N-dealkylation sites (N-methyl/N-ethyl adjacent to an activating group) is 1. The number of benzene rings is 1. The summed E-state index contributed by atoms with van der Waals surface area (Å²) in [5, 5.41) is 0.878. The van der Waals surface area contributed by atoms with Crippen molar-refractivity contribution in [2.24, 2.45) is 0 Å². The van der Waals surface area contributed by atoms with Gasteiger partial charge in [-0.3, -0.25) is 9.59 Å². The Hall–Kier alpha value is -1.52. The second-order valence-electron chi connectivity index (χ2n) is 4.16. The van der Waals surface area contributed by atoms with E-state index in [-0.39, 0.29) is 12.5 Å². The molecule has 0 N–H and O–H groups in total. The molecule has 1 aromatic carbocycles. The SMILES string of the molecule is CCOC(=O)CN(CC)C(=O)/C=C/c1ccc(Cl)c(Cl)c1. The van der Waals surface area contributed by atoms with Crippen LogP contribution in [0.25, 0.3) is 6.08 Å². The summed E-state index contributed by atoms with van der Waals surface area (Å²) < 4.78 is 4.83. The van der Waals surface area contributed by atoms with Crippen LogP contribution in [0.2, 0.25) is 10.0 Å². The van der Waals surface area contributed by atoms with Crippen molar-refractivity contribution in [1.82, 2.24) is 4.90 Å². The number of hydrogen-bond donors (Lipinski definition) is 0. The van der Waals surface area contributed by atoms with Crippen molar-refractivity contribution in [2.75, 3.05) is 19.7 Å². The summed E-state index contributed by atoms with van der Waals surface area (Å²) in [4.78, 5) is 24.8. The van der Waals surface area contributed by atoms with Crippen LogP contribution in [-0.4, -0.2) is 36.5 Å². The van der Waals surface area contributed by atoms with Crippen LogP contribution >= 0.6 is 23.2 Å². The van der Waals surface area contributed by atoms with E-state index in [2.05, 4.69) is 0 Å². The molecule has 0 fully saturated rings. The maximum atomic E-state index is 12.0. The fourth-order valence-corrected chi connectivity index (χ4v) is 1.90. The Labute approximate surface area is 134 Å². The van der Waals surface area contributed by atoms with Crippen molar-refractivity contribution >= 4 is 41.2 Å². The number of nitrogens with zero attached hydrogens (tertiary/aromatic N) is 1. The van der Waals surface area contributed by atoms with Crippen molar-refractivity contribution in [3.05, 3.63) is 39.9 Å². The van der Waals surface area contributed by atoms with Gasteiger partial charge in [0.25, 0.3) is 0 Å². The standard InChI is InChI=1S/C15H17Cl2NO3/c1-3-18(10-15(20)21-4-2)14(19)8-6-11-5-7-12(16)13(17)9-11/h5-9H,3-4,10H2,1-2H3/b8-6+. The zero-order valence-corrected chi connectivity index (χ0v) is 13.4. The third kappa shape index (κ3) is 5.78. The van der Waals surface area contributed by atoms with E-state index < -0.39 is 5.97 Å². The number of carbonyl (C=O) groups is 2. The average molecular weight is 330 g/mol. The zero-order valence-electron chi connectivity index (χ0n) is 11.9. The molecule has 0 saturated heterocycles. The third-order valence-corrected chi connectivity index (χ3v) is 3.42. The molecule has 0 aliphatic carbocycles. The van der Waals surface area contributed by atoms with E-state index in [0.29, 0.717) is 23.2 Å². The summed E-state index contributed by atoms with van der Waals surface area (Å²) in [5.74, 6) is -0.688. The predicted octanol–water partition coefficient (Wildman–Crippen LogP) is 3.42. The third-order valence-electron chi connectivity index (χ3n) is 2.68. The minimum atomic E-state index is -0.421. The Bertz CT molecular complexity index is 544. The van der Waals surface area contributed by atoms with Gasteiger partial charge >= 0.3 is 5.97 Å². The summed E-state index contributed by atoms with van der Waals surface area (Å²) in [7, 11) is 0. The van der Waals surface area contributed by atoms with Gasteiger partial charge in [-0.05, 0) is 37.6 Å². The summed E-state index contributed by atoms with van der Waals surface area (Å²) in [6.45, 7) is 4.17. The average Bonchev–Trinajstić information content (AvgIpc) is 2.46. The van der Waals surface area contributed by atoms with Crippen LogP contribution in [0.1, 0.15) is 19.4 Å². The zero-order chi connectivity index (χ0) is 15.8. The molecule has 114 valence electrons. The molecule has 0 aliphatic heterocycles. The fraction of sp³-hybridized carbons (Fsp3) is 0.333. The van der Waals surface area contributed by atoms with Gasteiger partial charge in [0.05, 0.1) is 16.7 Å². The number of hydrogen-bond acceptors (Lipinski definition) is 3. The molecule has 1 aromatic rings. The molecule has 21 heavy (non-hydrogen) atoms. The van der Waals surface area contributed by atoms with Gasteiger partial charge in [-0.2, -0.15) is 0 Å². The highest BCUT2D eigenvalue weighted by Crippen LogP contribution is 2.23. The van der Waals surface area contributed by atoms with Crippen molar-refractivity contribution in [2.45, 2.75) is 13.8 Å². The molecular formula is C15H17Cl2NO3. The van der Waals surface area contributed by atoms with Gasteiger partial charge in [0, 0.05) is 12.6 Å². The highest BCUT2D eigenvalue weighted by Gasteiger charge is 2.13. The van der Waals surface area contributed by atoms with E-state index in [1.807, 2.05) is 0 Å². The second-order valence-corrected chi connectivity index (χ2v) is 4.98. The quantitative estimate of drug-likeness (QED) is 0.593. The molecule has 4 nitrogen and oxygen atoms in total. The van der Waals surface area contributed by atoms with E-state index in [4.69, 9.17) is 27.9 Å². The fourth-order valence-electron chi connectivity index (χ4n) is 1.60. The number of amides is 1. The maximum absolute atomic E-state index is 12.0. The number of carbonyl (C=O) groups excluding carboxylic acids is 2. The Morgan fingerprint density at radius 2 is 1.95 bits per heavy atom. The summed E-state index contributed by atoms with van der Waals surface area (Å²) in [6.07, 6.45) is 3.01. The normalized spacial score (nSPS) is 10.7. The van der Waals surface area contributed by atoms with Crippen LogP contribution in [0.5, 0.6) is 0 Å². The van der Waals surface area contributed by atoms with E-state index in [1.54, 1.807) is 38.1 Å². The minimum Gasteiger partial charge on any atom is -0.465 e. The van der Waals surface area contributed by atoms with Crippen LogP contribution in [0.15, 0.2) is 24.3 Å². The van der Waals surface area contributed by atoms with Gasteiger partial charge in [-0.25, -0.2) is 0 Å². The number of halogens is 2. The summed E-state index contributed by atoms with van der Waals surface area (Å²) in [5.41, 5.74) is 0.755. The largest absolute Gasteiger partial charge is 0.465 e.